The zero-order valence-electron chi connectivity index (χ0n) is 90.2. The van der Waals surface area contributed by atoms with E-state index in [0.717, 1.165) is 115 Å². The topological polar surface area (TPSA) is 74.6 Å². The van der Waals surface area contributed by atoms with Gasteiger partial charge in [-0.05, 0) is 495 Å². The minimum absolute atomic E-state index is 0.0518. The van der Waals surface area contributed by atoms with E-state index in [1.165, 1.54) is 229 Å². The van der Waals surface area contributed by atoms with Crippen LogP contribution in [0.1, 0.15) is 451 Å². The first-order valence-corrected chi connectivity index (χ1v) is 56.4. The molecule has 19 fully saturated rings. The molecule has 0 aliphatic heterocycles. The van der Waals surface area contributed by atoms with Crippen molar-refractivity contribution in [2.75, 3.05) is 0 Å². The van der Waals surface area contributed by atoms with Crippen LogP contribution in [0.5, 0.6) is 0 Å². The first-order valence-electron chi connectivity index (χ1n) is 56.4. The van der Waals surface area contributed by atoms with Crippen LogP contribution in [-0.2, 0) is 9.59 Å². The average Bonchev–Trinajstić information content (AvgIpc) is 1.15. The highest BCUT2D eigenvalue weighted by molar-refractivity contribution is 5.86. The van der Waals surface area contributed by atoms with Gasteiger partial charge < -0.3 is 10.2 Å². The molecule has 4 nitrogen and oxygen atoms in total. The molecule has 20 aliphatic rings. The average molecular weight is 1780 g/mol. The van der Waals surface area contributed by atoms with Gasteiger partial charge in [-0.2, -0.15) is 0 Å². The van der Waals surface area contributed by atoms with Crippen LogP contribution >= 0.6 is 0 Å². The fourth-order valence-corrected chi connectivity index (χ4v) is 45.9. The smallest absolute Gasteiger partial charge is 0.138 e. The number of Topliss-reactive ketones (excluding diaryl/α,β-unsaturated/α-hetero) is 2. The highest BCUT2D eigenvalue weighted by Gasteiger charge is 2.77. The van der Waals surface area contributed by atoms with E-state index >= 15 is 0 Å². The Balaban J connectivity index is 0.000000121. The first-order chi connectivity index (χ1) is 60.4. The Morgan fingerprint density at radius 3 is 1.01 bits per heavy atom. The summed E-state index contributed by atoms with van der Waals surface area (Å²) in [5, 5.41) is 21.8. The highest BCUT2D eigenvalue weighted by atomic mass is 16.3. The Morgan fingerprint density at radius 2 is 0.662 bits per heavy atom. The molecule has 0 aromatic heterocycles. The lowest BCUT2D eigenvalue weighted by Crippen LogP contribution is -2.66. The van der Waals surface area contributed by atoms with Crippen LogP contribution in [0.2, 0.25) is 0 Å². The summed E-state index contributed by atoms with van der Waals surface area (Å²) in [4.78, 5) is 25.9. The molecule has 0 radical (unpaired) electrons. The number of aliphatic hydroxyl groups excluding tert-OH is 2. The van der Waals surface area contributed by atoms with Crippen molar-refractivity contribution in [1.29, 1.82) is 0 Å². The van der Waals surface area contributed by atoms with Crippen molar-refractivity contribution in [2.45, 2.75) is 463 Å². The van der Waals surface area contributed by atoms with Crippen LogP contribution in [0.15, 0.2) is 84.6 Å². The Kier molecular flexibility index (Phi) is 24.8. The second-order valence-corrected chi connectivity index (χ2v) is 58.6. The Hall–Kier alpha value is -2.56. The van der Waals surface area contributed by atoms with Gasteiger partial charge >= 0.3 is 0 Å². The molecular formula is C126H202O4. The summed E-state index contributed by atoms with van der Waals surface area (Å²) in [5.74, 6) is 15.9. The van der Waals surface area contributed by atoms with Gasteiger partial charge in [0.25, 0.3) is 0 Å². The molecule has 4 heteroatoms. The minimum atomic E-state index is -0.143. The fourth-order valence-electron chi connectivity index (χ4n) is 45.9. The van der Waals surface area contributed by atoms with E-state index < -0.39 is 0 Å². The normalized spacial score (nSPS) is 55.0. The van der Waals surface area contributed by atoms with E-state index in [9.17, 15) is 19.8 Å². The maximum Gasteiger partial charge on any atom is 0.138 e. The number of hydrogen-bond donors (Lipinski definition) is 2. The summed E-state index contributed by atoms with van der Waals surface area (Å²) in [6, 6.07) is 0. The quantitative estimate of drug-likeness (QED) is 0.260. The zero-order chi connectivity index (χ0) is 94.7. The Morgan fingerprint density at radius 1 is 0.331 bits per heavy atom. The van der Waals surface area contributed by atoms with E-state index in [-0.39, 0.29) is 33.9 Å². The van der Waals surface area contributed by atoms with Crippen LogP contribution in [0.25, 0.3) is 0 Å². The summed E-state index contributed by atoms with van der Waals surface area (Å²) >= 11 is 0. The summed E-state index contributed by atoms with van der Waals surface area (Å²) < 4.78 is 0. The molecule has 14 unspecified atom stereocenters. The van der Waals surface area contributed by atoms with Crippen molar-refractivity contribution in [3.8, 4) is 0 Å². The second kappa shape index (κ2) is 32.5. The largest absolute Gasteiger partial charge is 0.393 e. The number of ketones is 2. The molecule has 38 atom stereocenters. The van der Waals surface area contributed by atoms with E-state index in [1.54, 1.807) is 0 Å². The number of fused-ring (bicyclic) bond motifs is 28. The molecule has 0 aromatic rings. The third kappa shape index (κ3) is 13.4. The number of rotatable bonds is 6. The summed E-state index contributed by atoms with van der Waals surface area (Å²) in [6.45, 7) is 85.7. The lowest BCUT2D eigenvalue weighted by atomic mass is 9.32. The maximum absolute atomic E-state index is 13.0. The SMILES string of the molecule is C=C(C)[C@@H]1CC[C@]2(/C=C/C)CC[C@]3(C)C(CCC4[C@@]5(C)CCC(=O)C(C)(C)C5CC[C@]43C)C12.C=C(C)[C@@H]1CC[C@]2(/C=C/C)CC[C@]3(C)C(CCC4[C@@]5(C)CCC(=O)C(C)(C)C5CC[C@]43C)C12.C=C(C)[C@@H]1CC[C@]2(/C=C/C)CC[C@]3(C)C(CCC4[C@@]5(C)CC[C@H](O)C(C)(C)C5CC[C@]43C)C12.C[C@H]1[C@H](C)CC[C@]2(C)CC[C@]3(C)C(=CCC4[C@@]5(C)CC[C@H](O)C(C)(C)C5CC[C@]43C)[C@H]12. The molecule has 730 valence electrons. The molecule has 20 aliphatic carbocycles. The van der Waals surface area contributed by atoms with Gasteiger partial charge in [-0.25, -0.2) is 0 Å². The molecule has 2 N–H and O–H groups in total. The molecule has 0 amide bonds. The van der Waals surface area contributed by atoms with Crippen LogP contribution < -0.4 is 0 Å². The van der Waals surface area contributed by atoms with Crippen LogP contribution in [-0.4, -0.2) is 34.0 Å². The third-order valence-electron chi connectivity index (χ3n) is 53.7. The van der Waals surface area contributed by atoms with Crippen molar-refractivity contribution in [3.05, 3.63) is 84.6 Å². The summed E-state index contributed by atoms with van der Waals surface area (Å²) in [6.07, 6.45) is 68.0. The Labute approximate surface area is 800 Å². The fraction of sp³-hybridized carbons (Fsp3) is 0.873. The van der Waals surface area contributed by atoms with Crippen molar-refractivity contribution >= 4 is 11.6 Å². The number of carbonyl (C=O) groups excluding carboxylic acids is 2. The van der Waals surface area contributed by atoms with Gasteiger partial charge in [-0.15, -0.1) is 0 Å². The van der Waals surface area contributed by atoms with E-state index in [2.05, 4.69) is 263 Å². The molecule has 130 heavy (non-hydrogen) atoms. The molecule has 0 bridgehead atoms. The first kappa shape index (κ1) is 99.0. The van der Waals surface area contributed by atoms with Gasteiger partial charge in [0.05, 0.1) is 12.2 Å². The van der Waals surface area contributed by atoms with Gasteiger partial charge in [0.1, 0.15) is 11.6 Å². The van der Waals surface area contributed by atoms with Crippen LogP contribution in [0, 0.1) is 227 Å². The standard InChI is InChI=1S/C32H52O.2C32H50O.C30H50O/c3*1-9-15-32-18-12-22(21(2)3)27(32)23-10-11-25-29(6)16-14-26(33)28(4,5)24(29)13-17-31(25,8)30(23,7)19-20-32;1-19-11-14-27(5)17-18-29(7)21(25(27)20(19)2)9-10-23-28(6)15-13-24(31)26(3,4)22(28)12-16-30(23,29)8/h9,15,22-27,33H,2,10-14,16-20H2,1,3-8H3;2*9,15,22-25,27H,2,10-14,16-20H2,1,3-8H3;9,19-20,22-25,31H,10-18H2,1-8H3/b3*15-9+;/t22-,23?,24?,25?,26-,27?,29-,30+,31+,32+;2*22-,23?,24?,25?,27?,29-,30+,31+,32+;19-,20+,22?,23?,24+,25+,27-,28+,29-,30-/m0001/s1. The van der Waals surface area contributed by atoms with Gasteiger partial charge in [-0.3, -0.25) is 9.59 Å². The molecule has 0 heterocycles. The van der Waals surface area contributed by atoms with Crippen molar-refractivity contribution in [2.24, 2.45) is 227 Å². The number of allylic oxidation sites excluding steroid dienone is 11. The van der Waals surface area contributed by atoms with Crippen LogP contribution in [0.3, 0.4) is 0 Å². The van der Waals surface area contributed by atoms with Gasteiger partial charge in [0.2, 0.25) is 0 Å². The molecule has 0 spiro atoms. The van der Waals surface area contributed by atoms with Gasteiger partial charge in [0, 0.05) is 23.7 Å². The van der Waals surface area contributed by atoms with Gasteiger partial charge in [-0.1, -0.05) is 244 Å². The number of aliphatic hydroxyl groups is 2. The van der Waals surface area contributed by atoms with Gasteiger partial charge in [0.15, 0.2) is 0 Å². The number of hydrogen-bond acceptors (Lipinski definition) is 4. The Bertz CT molecular complexity index is 4340. The monoisotopic (exact) mass is 1780 g/mol. The molecule has 0 aromatic carbocycles. The van der Waals surface area contributed by atoms with Crippen molar-refractivity contribution < 1.29 is 19.8 Å². The predicted molar refractivity (Wildman–Crippen MR) is 548 cm³/mol. The summed E-state index contributed by atoms with van der Waals surface area (Å²) in [7, 11) is 0. The molecule has 20 rings (SSSR count). The number of carbonyl (C=O) groups is 2. The lowest BCUT2D eigenvalue weighted by molar-refractivity contribution is -0.244. The van der Waals surface area contributed by atoms with E-state index in [1.807, 2.05) is 5.57 Å². The highest BCUT2D eigenvalue weighted by Crippen LogP contribution is 2.84. The van der Waals surface area contributed by atoms with Crippen molar-refractivity contribution in [1.82, 2.24) is 0 Å². The van der Waals surface area contributed by atoms with E-state index in [4.69, 9.17) is 0 Å². The molecular weight excluding hydrogens is 1580 g/mol. The zero-order valence-corrected chi connectivity index (χ0v) is 90.2. The minimum Gasteiger partial charge on any atom is -0.393 e. The predicted octanol–water partition coefficient (Wildman–Crippen LogP) is 34.2. The van der Waals surface area contributed by atoms with E-state index in [0.29, 0.717) is 140 Å². The summed E-state index contributed by atoms with van der Waals surface area (Å²) in [5.41, 5.74) is 12.4. The third-order valence-corrected chi connectivity index (χ3v) is 53.7. The van der Waals surface area contributed by atoms with Crippen molar-refractivity contribution in [3.63, 3.8) is 0 Å². The molecule has 0 saturated heterocycles. The maximum atomic E-state index is 13.0. The molecule has 19 saturated carbocycles. The lowest BCUT2D eigenvalue weighted by Gasteiger charge is -2.73. The second-order valence-electron chi connectivity index (χ2n) is 58.6. The van der Waals surface area contributed by atoms with Crippen LogP contribution in [0.4, 0.5) is 0 Å².